The second-order valence-electron chi connectivity index (χ2n) is 6.98. The van der Waals surface area contributed by atoms with Crippen molar-refractivity contribution >= 4 is 27.5 Å². The van der Waals surface area contributed by atoms with Crippen molar-refractivity contribution in [2.24, 2.45) is 0 Å². The third kappa shape index (κ3) is 3.84. The number of hydrogen-bond donors (Lipinski definition) is 1. The molecule has 0 aliphatic carbocycles. The van der Waals surface area contributed by atoms with Gasteiger partial charge in [0.05, 0.1) is 17.8 Å². The second kappa shape index (κ2) is 8.01. The molecule has 2 heterocycles. The zero-order valence-corrected chi connectivity index (χ0v) is 17.1. The molecule has 2 aromatic carbocycles. The predicted octanol–water partition coefficient (Wildman–Crippen LogP) is 4.31. The summed E-state index contributed by atoms with van der Waals surface area (Å²) in [5.74, 6) is -0.222. The quantitative estimate of drug-likeness (QED) is 0.540. The maximum Gasteiger partial charge on any atom is 0.262 e. The molecule has 0 spiro atoms. The van der Waals surface area contributed by atoms with Gasteiger partial charge in [0.25, 0.3) is 5.56 Å². The van der Waals surface area contributed by atoms with Crippen molar-refractivity contribution in [2.45, 2.75) is 26.4 Å². The van der Waals surface area contributed by atoms with Gasteiger partial charge in [-0.25, -0.2) is 4.98 Å². The van der Waals surface area contributed by atoms with Crippen molar-refractivity contribution in [3.8, 4) is 10.4 Å². The number of nitrogens with zero attached hydrogens (tertiary/aromatic N) is 2. The van der Waals surface area contributed by atoms with Crippen molar-refractivity contribution in [3.05, 3.63) is 88.5 Å². The lowest BCUT2D eigenvalue weighted by molar-refractivity contribution is -0.122. The van der Waals surface area contributed by atoms with E-state index in [0.29, 0.717) is 10.2 Å². The Bertz CT molecular complexity index is 1210. The molecule has 29 heavy (non-hydrogen) atoms. The van der Waals surface area contributed by atoms with Crippen molar-refractivity contribution < 1.29 is 4.79 Å². The maximum absolute atomic E-state index is 13.0. The van der Waals surface area contributed by atoms with Gasteiger partial charge >= 0.3 is 0 Å². The van der Waals surface area contributed by atoms with Gasteiger partial charge in [-0.3, -0.25) is 14.2 Å². The van der Waals surface area contributed by atoms with E-state index < -0.39 is 0 Å². The van der Waals surface area contributed by atoms with Gasteiger partial charge in [0.2, 0.25) is 5.91 Å². The molecule has 5 nitrogen and oxygen atoms in total. The lowest BCUT2D eigenvalue weighted by Gasteiger charge is -2.14. The molecule has 0 bridgehead atoms. The number of fused-ring (bicyclic) bond motifs is 1. The average Bonchev–Trinajstić information content (AvgIpc) is 3.08. The monoisotopic (exact) mass is 403 g/mol. The molecule has 0 saturated carbocycles. The van der Waals surface area contributed by atoms with Crippen LogP contribution >= 0.6 is 11.3 Å². The van der Waals surface area contributed by atoms with Crippen LogP contribution in [-0.2, 0) is 11.3 Å². The first-order valence-electron chi connectivity index (χ1n) is 9.43. The molecule has 0 aliphatic heterocycles. The zero-order chi connectivity index (χ0) is 20.4. The number of thiophene rings is 1. The molecule has 1 N–H and O–H groups in total. The third-order valence-electron chi connectivity index (χ3n) is 4.94. The Labute approximate surface area is 172 Å². The van der Waals surface area contributed by atoms with Gasteiger partial charge in [0.1, 0.15) is 11.4 Å². The summed E-state index contributed by atoms with van der Waals surface area (Å²) >= 11 is 1.50. The lowest BCUT2D eigenvalue weighted by atomic mass is 10.1. The highest BCUT2D eigenvalue weighted by molar-refractivity contribution is 7.22. The lowest BCUT2D eigenvalue weighted by Crippen LogP contribution is -2.33. The van der Waals surface area contributed by atoms with Gasteiger partial charge in [-0.15, -0.1) is 11.3 Å². The van der Waals surface area contributed by atoms with Crippen LogP contribution in [-0.4, -0.2) is 15.5 Å². The molecule has 1 atom stereocenters. The van der Waals surface area contributed by atoms with E-state index in [1.807, 2.05) is 74.5 Å². The van der Waals surface area contributed by atoms with Crippen molar-refractivity contribution in [1.82, 2.24) is 14.9 Å². The molecule has 1 amide bonds. The van der Waals surface area contributed by atoms with Crippen LogP contribution in [0.3, 0.4) is 0 Å². The Kier molecular flexibility index (Phi) is 5.27. The van der Waals surface area contributed by atoms with Crippen LogP contribution in [0.25, 0.3) is 20.7 Å². The van der Waals surface area contributed by atoms with Gasteiger partial charge in [-0.2, -0.15) is 0 Å². The first kappa shape index (κ1) is 19.1. The molecule has 0 radical (unpaired) electrons. The van der Waals surface area contributed by atoms with E-state index in [2.05, 4.69) is 10.3 Å². The number of hydrogen-bond acceptors (Lipinski definition) is 4. The topological polar surface area (TPSA) is 64.0 Å². The molecule has 0 saturated heterocycles. The zero-order valence-electron chi connectivity index (χ0n) is 16.3. The first-order chi connectivity index (χ1) is 14.0. The van der Waals surface area contributed by atoms with Gasteiger partial charge < -0.3 is 5.32 Å². The van der Waals surface area contributed by atoms with E-state index >= 15 is 0 Å². The van der Waals surface area contributed by atoms with Crippen LogP contribution < -0.4 is 10.9 Å². The molecule has 0 unspecified atom stereocenters. The van der Waals surface area contributed by atoms with Crippen LogP contribution in [0.4, 0.5) is 0 Å². The van der Waals surface area contributed by atoms with Crippen molar-refractivity contribution in [3.63, 3.8) is 0 Å². The van der Waals surface area contributed by atoms with E-state index in [9.17, 15) is 9.59 Å². The van der Waals surface area contributed by atoms with Gasteiger partial charge in [-0.05, 0) is 30.5 Å². The third-order valence-corrected chi connectivity index (χ3v) is 6.19. The summed E-state index contributed by atoms with van der Waals surface area (Å²) in [4.78, 5) is 31.7. The van der Waals surface area contributed by atoms with Gasteiger partial charge in [0.15, 0.2) is 0 Å². The van der Waals surface area contributed by atoms with E-state index in [1.165, 1.54) is 22.2 Å². The Hall–Kier alpha value is -3.25. The van der Waals surface area contributed by atoms with E-state index in [-0.39, 0.29) is 24.1 Å². The highest BCUT2D eigenvalue weighted by atomic mass is 32.1. The highest BCUT2D eigenvalue weighted by Crippen LogP contribution is 2.35. The summed E-state index contributed by atoms with van der Waals surface area (Å²) < 4.78 is 1.38. The fraction of sp³-hybridized carbons (Fsp3) is 0.174. The fourth-order valence-corrected chi connectivity index (χ4v) is 4.55. The number of amides is 1. The Balaban J connectivity index is 1.60. The summed E-state index contributed by atoms with van der Waals surface area (Å²) in [6, 6.07) is 19.6. The first-order valence-corrected chi connectivity index (χ1v) is 10.2. The molecule has 146 valence electrons. The molecule has 0 fully saturated rings. The predicted molar refractivity (Wildman–Crippen MR) is 117 cm³/mol. The van der Waals surface area contributed by atoms with Crippen molar-refractivity contribution in [2.75, 3.05) is 0 Å². The molecule has 2 aromatic heterocycles. The summed E-state index contributed by atoms with van der Waals surface area (Å²) in [6.45, 7) is 3.80. The van der Waals surface area contributed by atoms with Crippen LogP contribution in [0.1, 0.15) is 24.1 Å². The van der Waals surface area contributed by atoms with Crippen LogP contribution in [0.5, 0.6) is 0 Å². The normalized spacial score (nSPS) is 12.1. The number of benzene rings is 2. The Morgan fingerprint density at radius 2 is 1.76 bits per heavy atom. The largest absolute Gasteiger partial charge is 0.348 e. The number of carbonyl (C=O) groups is 1. The summed E-state index contributed by atoms with van der Waals surface area (Å²) in [5.41, 5.74) is 2.80. The minimum absolute atomic E-state index is 0.0606. The summed E-state index contributed by atoms with van der Waals surface area (Å²) in [6.07, 6.45) is 1.46. The van der Waals surface area contributed by atoms with Crippen molar-refractivity contribution in [1.29, 1.82) is 0 Å². The molecule has 4 aromatic rings. The summed E-state index contributed by atoms with van der Waals surface area (Å²) in [7, 11) is 0. The molecule has 6 heteroatoms. The summed E-state index contributed by atoms with van der Waals surface area (Å²) in [5, 5.41) is 3.53. The second-order valence-corrected chi connectivity index (χ2v) is 7.98. The Morgan fingerprint density at radius 3 is 2.45 bits per heavy atom. The maximum atomic E-state index is 13.0. The number of nitrogens with one attached hydrogen (secondary N) is 1. The SMILES string of the molecule is Cc1c(-c2ccccc2)sc2ncn(CC(=O)N[C@H](C)c3ccccc3)c(=O)c12. The smallest absolute Gasteiger partial charge is 0.262 e. The Morgan fingerprint density at radius 1 is 1.10 bits per heavy atom. The molecule has 0 aliphatic rings. The number of carbonyl (C=O) groups excluding carboxylic acids is 1. The van der Waals surface area contributed by atoms with Crippen LogP contribution in [0.15, 0.2) is 71.8 Å². The molecular formula is C23H21N3O2S. The van der Waals surface area contributed by atoms with E-state index in [0.717, 1.165) is 21.6 Å². The standard InChI is InChI=1S/C23H21N3O2S/c1-15-20-22(29-21(15)18-11-7-4-8-12-18)24-14-26(23(20)28)13-19(27)25-16(2)17-9-5-3-6-10-17/h3-12,14,16H,13H2,1-2H3,(H,25,27)/t16-/m1/s1. The minimum atomic E-state index is -0.222. The fourth-order valence-electron chi connectivity index (χ4n) is 3.40. The van der Waals surface area contributed by atoms with E-state index in [1.54, 1.807) is 0 Å². The minimum Gasteiger partial charge on any atom is -0.348 e. The van der Waals surface area contributed by atoms with Gasteiger partial charge in [0, 0.05) is 4.88 Å². The molecular weight excluding hydrogens is 382 g/mol. The molecule has 4 rings (SSSR count). The number of aromatic nitrogens is 2. The van der Waals surface area contributed by atoms with E-state index in [4.69, 9.17) is 0 Å². The van der Waals surface area contributed by atoms with Crippen LogP contribution in [0, 0.1) is 6.92 Å². The van der Waals surface area contributed by atoms with Crippen LogP contribution in [0.2, 0.25) is 0 Å². The van der Waals surface area contributed by atoms with Gasteiger partial charge in [-0.1, -0.05) is 60.7 Å². The number of rotatable bonds is 5. The highest BCUT2D eigenvalue weighted by Gasteiger charge is 2.17. The number of aryl methyl sites for hydroxylation is 1. The average molecular weight is 404 g/mol.